The van der Waals surface area contributed by atoms with E-state index < -0.39 is 0 Å². The van der Waals surface area contributed by atoms with Gasteiger partial charge >= 0.3 is 0 Å². The summed E-state index contributed by atoms with van der Waals surface area (Å²) in [5.41, 5.74) is 2.53. The predicted molar refractivity (Wildman–Crippen MR) is 66.5 cm³/mol. The van der Waals surface area contributed by atoms with Crippen molar-refractivity contribution in [2.75, 3.05) is 13.1 Å². The predicted octanol–water partition coefficient (Wildman–Crippen LogP) is 2.93. The molecular weight excluding hydrogens is 198 g/mol. The van der Waals surface area contributed by atoms with Crippen LogP contribution in [0.5, 0.6) is 5.75 Å². The van der Waals surface area contributed by atoms with Gasteiger partial charge in [0.25, 0.3) is 0 Å². The summed E-state index contributed by atoms with van der Waals surface area (Å²) in [5.74, 6) is 1.26. The van der Waals surface area contributed by atoms with Crippen molar-refractivity contribution in [3.8, 4) is 5.75 Å². The van der Waals surface area contributed by atoms with E-state index in [0.717, 1.165) is 12.5 Å². The number of piperidine rings is 1. The van der Waals surface area contributed by atoms with E-state index in [-0.39, 0.29) is 0 Å². The van der Waals surface area contributed by atoms with E-state index in [1.54, 1.807) is 6.07 Å². The number of aromatic hydroxyl groups is 1. The summed E-state index contributed by atoms with van der Waals surface area (Å²) in [4.78, 5) is 2.51. The van der Waals surface area contributed by atoms with Crippen LogP contribution in [0, 0.1) is 12.8 Å². The van der Waals surface area contributed by atoms with E-state index in [9.17, 15) is 5.11 Å². The van der Waals surface area contributed by atoms with E-state index in [1.807, 2.05) is 12.1 Å². The quantitative estimate of drug-likeness (QED) is 0.826. The van der Waals surface area contributed by atoms with Crippen LogP contribution in [0.2, 0.25) is 0 Å². The maximum atomic E-state index is 9.36. The van der Waals surface area contributed by atoms with Gasteiger partial charge in [0.15, 0.2) is 0 Å². The van der Waals surface area contributed by atoms with Gasteiger partial charge in [-0.25, -0.2) is 0 Å². The Morgan fingerprint density at radius 1 is 1.31 bits per heavy atom. The molecule has 2 heteroatoms. The average molecular weight is 219 g/mol. The number of aryl methyl sites for hydroxylation is 1. The molecule has 2 nitrogen and oxygen atoms in total. The van der Waals surface area contributed by atoms with E-state index in [0.29, 0.717) is 5.75 Å². The van der Waals surface area contributed by atoms with Gasteiger partial charge < -0.3 is 5.11 Å². The van der Waals surface area contributed by atoms with Crippen molar-refractivity contribution in [3.63, 3.8) is 0 Å². The lowest BCUT2D eigenvalue weighted by atomic mass is 9.98. The summed E-state index contributed by atoms with van der Waals surface area (Å²) < 4.78 is 0. The molecule has 1 fully saturated rings. The molecule has 88 valence electrons. The second kappa shape index (κ2) is 4.88. The highest BCUT2D eigenvalue weighted by Crippen LogP contribution is 2.21. The first kappa shape index (κ1) is 11.5. The summed E-state index contributed by atoms with van der Waals surface area (Å²) in [6, 6.07) is 5.68. The fourth-order valence-electron chi connectivity index (χ4n) is 2.32. The molecule has 1 aliphatic rings. The first-order valence-electron chi connectivity index (χ1n) is 6.16. The number of likely N-dealkylation sites (tertiary alicyclic amines) is 1. The molecule has 0 saturated carbocycles. The minimum Gasteiger partial charge on any atom is -0.508 e. The average Bonchev–Trinajstić information content (AvgIpc) is 2.25. The Bertz CT molecular complexity index is 354. The molecule has 1 aromatic carbocycles. The lowest BCUT2D eigenvalue weighted by Gasteiger charge is -2.30. The number of benzene rings is 1. The fourth-order valence-corrected chi connectivity index (χ4v) is 2.32. The first-order chi connectivity index (χ1) is 7.65. The topological polar surface area (TPSA) is 23.5 Å². The Hall–Kier alpha value is -1.02. The molecule has 0 amide bonds. The van der Waals surface area contributed by atoms with Gasteiger partial charge in [0.1, 0.15) is 5.75 Å². The Morgan fingerprint density at radius 2 is 2.00 bits per heavy atom. The molecule has 0 aromatic heterocycles. The van der Waals surface area contributed by atoms with E-state index in [4.69, 9.17) is 0 Å². The van der Waals surface area contributed by atoms with Gasteiger partial charge in [-0.2, -0.15) is 0 Å². The molecule has 1 aromatic rings. The van der Waals surface area contributed by atoms with Crippen LogP contribution in [-0.4, -0.2) is 23.1 Å². The van der Waals surface area contributed by atoms with E-state index in [2.05, 4.69) is 18.7 Å². The number of hydrogen-bond donors (Lipinski definition) is 1. The zero-order valence-corrected chi connectivity index (χ0v) is 10.2. The van der Waals surface area contributed by atoms with Crippen molar-refractivity contribution in [3.05, 3.63) is 29.3 Å². The molecule has 0 bridgehead atoms. The van der Waals surface area contributed by atoms with E-state index in [1.165, 1.54) is 37.1 Å². The molecule has 0 aliphatic carbocycles. The van der Waals surface area contributed by atoms with Gasteiger partial charge in [-0.1, -0.05) is 13.0 Å². The molecule has 1 aliphatic heterocycles. The minimum absolute atomic E-state index is 0.369. The summed E-state index contributed by atoms with van der Waals surface area (Å²) in [7, 11) is 0. The SMILES string of the molecule is Cc1cc(O)ccc1CN1CCC(C)CC1. The lowest BCUT2D eigenvalue weighted by molar-refractivity contribution is 0.185. The Balaban J connectivity index is 1.98. The molecule has 1 saturated heterocycles. The number of phenolic OH excluding ortho intramolecular Hbond substituents is 1. The van der Waals surface area contributed by atoms with Crippen molar-refractivity contribution in [1.29, 1.82) is 0 Å². The third-order valence-corrected chi connectivity index (χ3v) is 3.60. The van der Waals surface area contributed by atoms with Gasteiger partial charge in [0.05, 0.1) is 0 Å². The van der Waals surface area contributed by atoms with Crippen molar-refractivity contribution in [2.24, 2.45) is 5.92 Å². The fraction of sp³-hybridized carbons (Fsp3) is 0.571. The van der Waals surface area contributed by atoms with Gasteiger partial charge in [0, 0.05) is 6.54 Å². The monoisotopic (exact) mass is 219 g/mol. The van der Waals surface area contributed by atoms with Crippen LogP contribution in [0.15, 0.2) is 18.2 Å². The Morgan fingerprint density at radius 3 is 2.62 bits per heavy atom. The maximum absolute atomic E-state index is 9.36. The molecule has 0 radical (unpaired) electrons. The zero-order valence-electron chi connectivity index (χ0n) is 10.2. The van der Waals surface area contributed by atoms with Crippen molar-refractivity contribution in [1.82, 2.24) is 4.90 Å². The van der Waals surface area contributed by atoms with Crippen LogP contribution in [0.25, 0.3) is 0 Å². The van der Waals surface area contributed by atoms with Gasteiger partial charge in [-0.3, -0.25) is 4.90 Å². The zero-order chi connectivity index (χ0) is 11.5. The minimum atomic E-state index is 0.369. The standard InChI is InChI=1S/C14H21NO/c1-11-5-7-15(8-6-11)10-13-3-4-14(16)9-12(13)2/h3-4,9,11,16H,5-8,10H2,1-2H3. The highest BCUT2D eigenvalue weighted by Gasteiger charge is 2.16. The lowest BCUT2D eigenvalue weighted by Crippen LogP contribution is -2.32. The number of hydrogen-bond acceptors (Lipinski definition) is 2. The van der Waals surface area contributed by atoms with Crippen LogP contribution >= 0.6 is 0 Å². The second-order valence-corrected chi connectivity index (χ2v) is 5.07. The van der Waals surface area contributed by atoms with Gasteiger partial charge in [-0.05, 0) is 62.0 Å². The second-order valence-electron chi connectivity index (χ2n) is 5.07. The van der Waals surface area contributed by atoms with Crippen LogP contribution in [-0.2, 0) is 6.54 Å². The molecule has 1 N–H and O–H groups in total. The molecule has 2 rings (SSSR count). The van der Waals surface area contributed by atoms with Gasteiger partial charge in [0.2, 0.25) is 0 Å². The van der Waals surface area contributed by atoms with Crippen LogP contribution < -0.4 is 0 Å². The van der Waals surface area contributed by atoms with Crippen LogP contribution in [0.1, 0.15) is 30.9 Å². The van der Waals surface area contributed by atoms with E-state index >= 15 is 0 Å². The third-order valence-electron chi connectivity index (χ3n) is 3.60. The highest BCUT2D eigenvalue weighted by molar-refractivity contribution is 5.33. The summed E-state index contributed by atoms with van der Waals surface area (Å²) in [6.07, 6.45) is 2.63. The van der Waals surface area contributed by atoms with Gasteiger partial charge in [-0.15, -0.1) is 0 Å². The number of nitrogens with zero attached hydrogens (tertiary/aromatic N) is 1. The molecular formula is C14H21NO. The molecule has 0 atom stereocenters. The number of rotatable bonds is 2. The summed E-state index contributed by atoms with van der Waals surface area (Å²) in [5, 5.41) is 9.36. The Labute approximate surface area is 97.9 Å². The molecule has 1 heterocycles. The summed E-state index contributed by atoms with van der Waals surface area (Å²) in [6.45, 7) is 7.85. The normalized spacial score (nSPS) is 18.9. The molecule has 0 unspecified atom stereocenters. The smallest absolute Gasteiger partial charge is 0.115 e. The molecule has 0 spiro atoms. The highest BCUT2D eigenvalue weighted by atomic mass is 16.3. The maximum Gasteiger partial charge on any atom is 0.115 e. The molecule has 16 heavy (non-hydrogen) atoms. The van der Waals surface area contributed by atoms with Crippen LogP contribution in [0.4, 0.5) is 0 Å². The first-order valence-corrected chi connectivity index (χ1v) is 6.16. The van der Waals surface area contributed by atoms with Crippen molar-refractivity contribution >= 4 is 0 Å². The van der Waals surface area contributed by atoms with Crippen molar-refractivity contribution < 1.29 is 5.11 Å². The van der Waals surface area contributed by atoms with Crippen molar-refractivity contribution in [2.45, 2.75) is 33.2 Å². The number of phenols is 1. The summed E-state index contributed by atoms with van der Waals surface area (Å²) >= 11 is 0. The Kier molecular flexibility index (Phi) is 3.49. The third kappa shape index (κ3) is 2.76. The van der Waals surface area contributed by atoms with Crippen LogP contribution in [0.3, 0.4) is 0 Å². The largest absolute Gasteiger partial charge is 0.508 e.